The van der Waals surface area contributed by atoms with Crippen molar-refractivity contribution in [2.75, 3.05) is 6.61 Å². The molecule has 0 saturated heterocycles. The van der Waals surface area contributed by atoms with Crippen LogP contribution < -0.4 is 4.74 Å². The minimum absolute atomic E-state index is 0. The number of rotatable bonds is 0. The van der Waals surface area contributed by atoms with E-state index in [0.29, 0.717) is 6.61 Å². The summed E-state index contributed by atoms with van der Waals surface area (Å²) in [7, 11) is 0. The molecule has 0 amide bonds. The predicted octanol–water partition coefficient (Wildman–Crippen LogP) is 2.73. The van der Waals surface area contributed by atoms with E-state index >= 15 is 0 Å². The van der Waals surface area contributed by atoms with Crippen molar-refractivity contribution in [3.63, 3.8) is 0 Å². The SMILES string of the molecule is C.C1=Cc2ccccc2OC1.[Mn]. The maximum atomic E-state index is 5.34. The Balaban J connectivity index is 0.000000605. The average Bonchev–Trinajstić information content (AvgIpc) is 2.05. The number of hydrogen-bond donors (Lipinski definition) is 0. The van der Waals surface area contributed by atoms with Crippen LogP contribution in [0.2, 0.25) is 0 Å². The molecule has 1 aromatic rings. The summed E-state index contributed by atoms with van der Waals surface area (Å²) in [6, 6.07) is 8.03. The number of fused-ring (bicyclic) bond motifs is 1. The van der Waals surface area contributed by atoms with Crippen LogP contribution in [0.15, 0.2) is 30.3 Å². The molecule has 0 bridgehead atoms. The Hall–Kier alpha value is -0.721. The summed E-state index contributed by atoms with van der Waals surface area (Å²) in [5.41, 5.74) is 1.17. The second-order valence-electron chi connectivity index (χ2n) is 2.25. The molecule has 65 valence electrons. The molecule has 0 saturated carbocycles. The summed E-state index contributed by atoms with van der Waals surface area (Å²) in [5, 5.41) is 0. The van der Waals surface area contributed by atoms with E-state index in [0.717, 1.165) is 5.75 Å². The van der Waals surface area contributed by atoms with Gasteiger partial charge >= 0.3 is 0 Å². The number of benzene rings is 1. The summed E-state index contributed by atoms with van der Waals surface area (Å²) in [4.78, 5) is 0. The summed E-state index contributed by atoms with van der Waals surface area (Å²) < 4.78 is 5.34. The molecule has 0 atom stereocenters. The molecular formula is C10H12MnO. The van der Waals surface area contributed by atoms with Crippen molar-refractivity contribution in [3.05, 3.63) is 35.9 Å². The van der Waals surface area contributed by atoms with Gasteiger partial charge in [-0.2, -0.15) is 0 Å². The first kappa shape index (κ1) is 11.3. The van der Waals surface area contributed by atoms with E-state index in [2.05, 4.69) is 6.08 Å². The van der Waals surface area contributed by atoms with Crippen LogP contribution in [0.5, 0.6) is 5.75 Å². The summed E-state index contributed by atoms with van der Waals surface area (Å²) >= 11 is 0. The van der Waals surface area contributed by atoms with Crippen LogP contribution in [0.4, 0.5) is 0 Å². The van der Waals surface area contributed by atoms with E-state index < -0.39 is 0 Å². The van der Waals surface area contributed by atoms with Crippen LogP contribution in [0.25, 0.3) is 6.08 Å². The third kappa shape index (κ3) is 2.13. The topological polar surface area (TPSA) is 9.23 Å². The van der Waals surface area contributed by atoms with Crippen LogP contribution in [0.3, 0.4) is 0 Å². The number of para-hydroxylation sites is 1. The molecule has 1 aliphatic heterocycles. The molecule has 1 heterocycles. The first-order valence-corrected chi connectivity index (χ1v) is 3.35. The van der Waals surface area contributed by atoms with E-state index in [-0.39, 0.29) is 24.5 Å². The molecule has 1 aliphatic rings. The van der Waals surface area contributed by atoms with Gasteiger partial charge in [0.15, 0.2) is 0 Å². The summed E-state index contributed by atoms with van der Waals surface area (Å²) in [6.45, 7) is 0.705. The molecule has 1 aromatic carbocycles. The zero-order chi connectivity index (χ0) is 6.81. The van der Waals surface area contributed by atoms with Gasteiger partial charge in [-0.15, -0.1) is 0 Å². The third-order valence-electron chi connectivity index (χ3n) is 1.55. The maximum absolute atomic E-state index is 5.34. The minimum atomic E-state index is 0. The Morgan fingerprint density at radius 3 is 2.67 bits per heavy atom. The van der Waals surface area contributed by atoms with Gasteiger partial charge in [0.2, 0.25) is 0 Å². The van der Waals surface area contributed by atoms with E-state index in [1.165, 1.54) is 5.56 Å². The van der Waals surface area contributed by atoms with Crippen molar-refractivity contribution in [1.82, 2.24) is 0 Å². The summed E-state index contributed by atoms with van der Waals surface area (Å²) in [5.74, 6) is 0.991. The average molecular weight is 203 g/mol. The monoisotopic (exact) mass is 203 g/mol. The van der Waals surface area contributed by atoms with E-state index in [9.17, 15) is 0 Å². The smallest absolute Gasteiger partial charge is 0.126 e. The van der Waals surface area contributed by atoms with Crippen molar-refractivity contribution in [2.45, 2.75) is 7.43 Å². The molecule has 0 spiro atoms. The fourth-order valence-corrected chi connectivity index (χ4v) is 1.06. The van der Waals surface area contributed by atoms with Gasteiger partial charge in [-0.05, 0) is 12.1 Å². The quantitative estimate of drug-likeness (QED) is 0.589. The molecule has 0 aromatic heterocycles. The molecular weight excluding hydrogens is 191 g/mol. The molecule has 0 N–H and O–H groups in total. The second kappa shape index (κ2) is 5.02. The number of hydrogen-bond acceptors (Lipinski definition) is 1. The van der Waals surface area contributed by atoms with Crippen LogP contribution >= 0.6 is 0 Å². The Morgan fingerprint density at radius 2 is 1.92 bits per heavy atom. The van der Waals surface area contributed by atoms with Gasteiger partial charge in [0, 0.05) is 22.6 Å². The summed E-state index contributed by atoms with van der Waals surface area (Å²) in [6.07, 6.45) is 4.10. The Bertz CT molecular complexity index is 268. The van der Waals surface area contributed by atoms with Gasteiger partial charge in [0.25, 0.3) is 0 Å². The predicted molar refractivity (Wildman–Crippen MR) is 47.7 cm³/mol. The molecule has 0 unspecified atom stereocenters. The normalized spacial score (nSPS) is 11.7. The fraction of sp³-hybridized carbons (Fsp3) is 0.200. The van der Waals surface area contributed by atoms with Gasteiger partial charge in [-0.25, -0.2) is 0 Å². The zero-order valence-corrected chi connectivity index (χ0v) is 7.14. The molecule has 0 aliphatic carbocycles. The first-order valence-electron chi connectivity index (χ1n) is 3.35. The zero-order valence-electron chi connectivity index (χ0n) is 5.96. The van der Waals surface area contributed by atoms with Crippen LogP contribution in [-0.4, -0.2) is 6.61 Å². The van der Waals surface area contributed by atoms with Crippen LogP contribution in [0, 0.1) is 0 Å². The molecule has 0 fully saturated rings. The van der Waals surface area contributed by atoms with Crippen molar-refractivity contribution in [1.29, 1.82) is 0 Å². The van der Waals surface area contributed by atoms with Gasteiger partial charge in [-0.1, -0.05) is 31.7 Å². The van der Waals surface area contributed by atoms with Crippen molar-refractivity contribution >= 4 is 6.08 Å². The van der Waals surface area contributed by atoms with E-state index in [1.807, 2.05) is 30.3 Å². The van der Waals surface area contributed by atoms with Gasteiger partial charge in [0.1, 0.15) is 12.4 Å². The first-order chi connectivity index (χ1) is 4.97. The number of ether oxygens (including phenoxy) is 1. The fourth-order valence-electron chi connectivity index (χ4n) is 1.06. The molecule has 2 heteroatoms. The standard InChI is InChI=1S/C9H8O.CH4.Mn/c1-2-6-9-8(4-1)5-3-7-10-9;;/h1-6H,7H2;1H4;. The largest absolute Gasteiger partial charge is 0.489 e. The Morgan fingerprint density at radius 1 is 1.17 bits per heavy atom. The van der Waals surface area contributed by atoms with Crippen molar-refractivity contribution in [3.8, 4) is 5.75 Å². The minimum Gasteiger partial charge on any atom is -0.489 e. The molecule has 1 radical (unpaired) electrons. The third-order valence-corrected chi connectivity index (χ3v) is 1.55. The van der Waals surface area contributed by atoms with Gasteiger partial charge < -0.3 is 4.74 Å². The van der Waals surface area contributed by atoms with Gasteiger partial charge in [0.05, 0.1) is 0 Å². The molecule has 1 nitrogen and oxygen atoms in total. The molecule has 2 rings (SSSR count). The van der Waals surface area contributed by atoms with Crippen molar-refractivity contribution in [2.24, 2.45) is 0 Å². The second-order valence-corrected chi connectivity index (χ2v) is 2.25. The maximum Gasteiger partial charge on any atom is 0.126 e. The van der Waals surface area contributed by atoms with E-state index in [4.69, 9.17) is 4.74 Å². The van der Waals surface area contributed by atoms with E-state index in [1.54, 1.807) is 0 Å². The Labute approximate surface area is 83.9 Å². The van der Waals surface area contributed by atoms with Crippen molar-refractivity contribution < 1.29 is 21.8 Å². The Kier molecular flexibility index (Phi) is 4.72. The van der Waals surface area contributed by atoms with Gasteiger partial charge in [-0.3, -0.25) is 0 Å². The van der Waals surface area contributed by atoms with Crippen LogP contribution in [-0.2, 0) is 17.1 Å². The van der Waals surface area contributed by atoms with Crippen LogP contribution in [0.1, 0.15) is 13.0 Å². The molecule has 12 heavy (non-hydrogen) atoms.